The van der Waals surface area contributed by atoms with E-state index >= 15 is 0 Å². The summed E-state index contributed by atoms with van der Waals surface area (Å²) in [4.78, 5) is 11.5. The smallest absolute Gasteiger partial charge is 0.333 e. The third kappa shape index (κ3) is 7.38. The Kier molecular flexibility index (Phi) is 9.69. The summed E-state index contributed by atoms with van der Waals surface area (Å²) >= 11 is 0. The van der Waals surface area contributed by atoms with E-state index in [1.165, 1.54) is 37.7 Å². The summed E-state index contributed by atoms with van der Waals surface area (Å²) in [6.45, 7) is 5.19. The first-order valence-corrected chi connectivity index (χ1v) is 10.6. The van der Waals surface area contributed by atoms with Gasteiger partial charge in [-0.05, 0) is 68.4 Å². The van der Waals surface area contributed by atoms with Crippen molar-refractivity contribution in [3.8, 4) is 0 Å². The van der Waals surface area contributed by atoms with E-state index < -0.39 is 5.97 Å². The van der Waals surface area contributed by atoms with E-state index in [1.54, 1.807) is 6.92 Å². The molecule has 1 fully saturated rings. The van der Waals surface area contributed by atoms with Crippen molar-refractivity contribution < 1.29 is 19.0 Å². The van der Waals surface area contributed by atoms with Gasteiger partial charge in [0.1, 0.15) is 0 Å². The lowest BCUT2D eigenvalue weighted by molar-refractivity contribution is -0.140. The predicted molar refractivity (Wildman–Crippen MR) is 111 cm³/mol. The topological polar surface area (TPSA) is 46.5 Å². The molecule has 0 aromatic heterocycles. The van der Waals surface area contributed by atoms with Gasteiger partial charge in [0.2, 0.25) is 0 Å². The molecule has 1 saturated carbocycles. The van der Waals surface area contributed by atoms with Gasteiger partial charge >= 0.3 is 5.97 Å². The van der Waals surface area contributed by atoms with Gasteiger partial charge in [0.15, 0.2) is 0 Å². The number of carbonyl (C=O) groups is 1. The number of carbonyl (C=O) groups excluding carboxylic acids is 1. The molecular weight excluding hydrogens is 355 g/mol. The van der Waals surface area contributed by atoms with Crippen LogP contribution in [-0.2, 0) is 16.0 Å². The van der Waals surface area contributed by atoms with Gasteiger partial charge in [-0.1, -0.05) is 43.7 Å². The van der Waals surface area contributed by atoms with Crippen LogP contribution in [0.3, 0.4) is 0 Å². The molecule has 0 bridgehead atoms. The van der Waals surface area contributed by atoms with Crippen LogP contribution in [0, 0.1) is 11.8 Å². The number of hydrogen-bond donors (Lipinski definition) is 1. The van der Waals surface area contributed by atoms with Crippen LogP contribution < -0.4 is 0 Å². The highest BCUT2D eigenvalue weighted by molar-refractivity contribution is 5.86. The van der Waals surface area contributed by atoms with Crippen molar-refractivity contribution >= 4 is 5.97 Å². The van der Waals surface area contributed by atoms with Crippen molar-refractivity contribution in [1.29, 1.82) is 0 Å². The zero-order chi connectivity index (χ0) is 20.4. The second-order valence-corrected chi connectivity index (χ2v) is 8.28. The van der Waals surface area contributed by atoms with Crippen LogP contribution in [0.25, 0.3) is 0 Å². The molecule has 1 aliphatic carbocycles. The van der Waals surface area contributed by atoms with Gasteiger partial charge in [-0.2, -0.15) is 0 Å². The van der Waals surface area contributed by atoms with Gasteiger partial charge in [0.25, 0.3) is 0 Å². The van der Waals surface area contributed by atoms with Gasteiger partial charge in [-0.15, -0.1) is 0 Å². The Labute approximate surface area is 169 Å². The van der Waals surface area contributed by atoms with Crippen molar-refractivity contribution in [3.63, 3.8) is 0 Å². The van der Waals surface area contributed by atoms with Crippen molar-refractivity contribution in [3.05, 3.63) is 47.5 Å². The van der Waals surface area contributed by atoms with Gasteiger partial charge in [0.05, 0.1) is 13.3 Å². The predicted octanol–water partition coefficient (Wildman–Crippen LogP) is 5.37. The molecule has 0 heterocycles. The summed E-state index contributed by atoms with van der Waals surface area (Å²) in [5.41, 5.74) is 2.91. The van der Waals surface area contributed by atoms with Crippen molar-refractivity contribution in [2.24, 2.45) is 11.8 Å². The number of benzene rings is 1. The molecule has 1 aromatic carbocycles. The fourth-order valence-electron chi connectivity index (χ4n) is 4.06. The molecule has 2 rings (SSSR count). The molecule has 1 aliphatic rings. The van der Waals surface area contributed by atoms with Crippen LogP contribution in [0.2, 0.25) is 0 Å². The molecule has 1 aromatic rings. The van der Waals surface area contributed by atoms with E-state index in [0.717, 1.165) is 17.9 Å². The van der Waals surface area contributed by atoms with Crippen LogP contribution in [-0.4, -0.2) is 31.0 Å². The third-order valence-corrected chi connectivity index (χ3v) is 5.88. The van der Waals surface area contributed by atoms with Gasteiger partial charge in [-0.25, -0.2) is 4.79 Å². The fourth-order valence-corrected chi connectivity index (χ4v) is 4.06. The zero-order valence-electron chi connectivity index (χ0n) is 17.2. The monoisotopic (exact) mass is 390 g/mol. The minimum atomic E-state index is -0.408. The molecule has 156 valence electrons. The van der Waals surface area contributed by atoms with Crippen LogP contribution in [0.1, 0.15) is 68.9 Å². The summed E-state index contributed by atoms with van der Waals surface area (Å²) in [6.07, 6.45) is 8.52. The van der Waals surface area contributed by atoms with Crippen LogP contribution >= 0.6 is 0 Å². The molecule has 0 amide bonds. The highest BCUT2D eigenvalue weighted by atomic mass is 19.1. The molecule has 0 saturated heterocycles. The van der Waals surface area contributed by atoms with Crippen LogP contribution in [0.5, 0.6) is 0 Å². The Morgan fingerprint density at radius 2 is 1.89 bits per heavy atom. The molecular formula is C24H35FO3. The second kappa shape index (κ2) is 12.0. The number of alkyl halides is 1. The van der Waals surface area contributed by atoms with E-state index in [1.807, 2.05) is 0 Å². The standard InChI is InChI=1S/C24H35FO3/c1-18(2)24(27)28-17-21(16-26)15-20-8-12-23(13-9-20)22-10-6-19(7-11-22)5-3-4-14-25/h8-9,12-13,19,21-22,26H,1,3-7,10-11,14-17H2,2H3. The minimum absolute atomic E-state index is 0.0162. The summed E-state index contributed by atoms with van der Waals surface area (Å²) in [5.74, 6) is 0.883. The number of aliphatic hydroxyl groups is 1. The lowest BCUT2D eigenvalue weighted by Crippen LogP contribution is -2.19. The molecule has 3 nitrogen and oxygen atoms in total. The van der Waals surface area contributed by atoms with Gasteiger partial charge < -0.3 is 9.84 Å². The summed E-state index contributed by atoms with van der Waals surface area (Å²) in [6, 6.07) is 8.67. The molecule has 1 atom stereocenters. The van der Waals surface area contributed by atoms with Crippen molar-refractivity contribution in [2.75, 3.05) is 19.9 Å². The van der Waals surface area contributed by atoms with E-state index in [2.05, 4.69) is 30.8 Å². The van der Waals surface area contributed by atoms with Crippen molar-refractivity contribution in [1.82, 2.24) is 0 Å². The van der Waals surface area contributed by atoms with Gasteiger partial charge in [0, 0.05) is 18.1 Å². The Morgan fingerprint density at radius 3 is 2.46 bits per heavy atom. The maximum absolute atomic E-state index is 12.2. The van der Waals surface area contributed by atoms with E-state index in [9.17, 15) is 14.3 Å². The summed E-state index contributed by atoms with van der Waals surface area (Å²) < 4.78 is 17.4. The van der Waals surface area contributed by atoms with Crippen molar-refractivity contribution in [2.45, 2.75) is 64.2 Å². The number of esters is 1. The number of unbranched alkanes of at least 4 members (excludes halogenated alkanes) is 1. The molecule has 0 radical (unpaired) electrons. The first-order valence-electron chi connectivity index (χ1n) is 10.6. The lowest BCUT2D eigenvalue weighted by Gasteiger charge is -2.29. The number of hydrogen-bond acceptors (Lipinski definition) is 3. The largest absolute Gasteiger partial charge is 0.462 e. The fraction of sp³-hybridized carbons (Fsp3) is 0.625. The Hall–Kier alpha value is -1.68. The second-order valence-electron chi connectivity index (χ2n) is 8.28. The number of ether oxygens (including phenoxy) is 1. The average molecular weight is 391 g/mol. The van der Waals surface area contributed by atoms with Crippen LogP contribution in [0.15, 0.2) is 36.4 Å². The average Bonchev–Trinajstić information content (AvgIpc) is 2.72. The molecule has 4 heteroatoms. The Bertz CT molecular complexity index is 603. The molecule has 1 N–H and O–H groups in total. The molecule has 0 aliphatic heterocycles. The Balaban J connectivity index is 1.79. The maximum Gasteiger partial charge on any atom is 0.333 e. The molecule has 0 spiro atoms. The first kappa shape index (κ1) is 22.6. The molecule has 28 heavy (non-hydrogen) atoms. The SMILES string of the molecule is C=C(C)C(=O)OCC(CO)Cc1ccc(C2CCC(CCCCF)CC2)cc1. The quantitative estimate of drug-likeness (QED) is 0.314. The number of rotatable bonds is 11. The number of halogens is 1. The zero-order valence-corrected chi connectivity index (χ0v) is 17.2. The molecule has 1 unspecified atom stereocenters. The normalized spacial score (nSPS) is 20.5. The lowest BCUT2D eigenvalue weighted by atomic mass is 9.77. The van der Waals surface area contributed by atoms with E-state index in [4.69, 9.17) is 4.74 Å². The van der Waals surface area contributed by atoms with Gasteiger partial charge in [-0.3, -0.25) is 4.39 Å². The summed E-state index contributed by atoms with van der Waals surface area (Å²) in [5, 5.41) is 9.56. The highest BCUT2D eigenvalue weighted by Gasteiger charge is 2.22. The minimum Gasteiger partial charge on any atom is -0.462 e. The van der Waals surface area contributed by atoms with E-state index in [0.29, 0.717) is 24.3 Å². The Morgan fingerprint density at radius 1 is 1.21 bits per heavy atom. The van der Waals surface area contributed by atoms with Crippen LogP contribution in [0.4, 0.5) is 4.39 Å². The number of aliphatic hydroxyl groups excluding tert-OH is 1. The first-order chi connectivity index (χ1) is 13.5. The van der Waals surface area contributed by atoms with E-state index in [-0.39, 0.29) is 25.8 Å². The highest BCUT2D eigenvalue weighted by Crippen LogP contribution is 2.37. The third-order valence-electron chi connectivity index (χ3n) is 5.88. The maximum atomic E-state index is 12.2. The summed E-state index contributed by atoms with van der Waals surface area (Å²) in [7, 11) is 0.